The molecule has 92 valence electrons. The van der Waals surface area contributed by atoms with Crippen LogP contribution in [0.5, 0.6) is 0 Å². The summed E-state index contributed by atoms with van der Waals surface area (Å²) in [5.41, 5.74) is 6.06. The quantitative estimate of drug-likeness (QED) is 0.876. The van der Waals surface area contributed by atoms with Crippen molar-refractivity contribution in [1.29, 1.82) is 0 Å². The van der Waals surface area contributed by atoms with E-state index in [0.717, 1.165) is 5.56 Å². The molecule has 0 saturated heterocycles. The Morgan fingerprint density at radius 2 is 2.06 bits per heavy atom. The maximum absolute atomic E-state index is 11.6. The fourth-order valence-electron chi connectivity index (χ4n) is 1.02. The topological polar surface area (TPSA) is 72.2 Å². The monoisotopic (exact) mass is 284 g/mol. The molecule has 0 saturated carbocycles. The average Bonchev–Trinajstić information content (AvgIpc) is 2.19. The van der Waals surface area contributed by atoms with Crippen LogP contribution in [0.25, 0.3) is 0 Å². The fraction of sp³-hybridized carbons (Fsp3) is 0.333. The number of hydrogen-bond donors (Lipinski definition) is 2. The molecule has 1 rings (SSSR count). The van der Waals surface area contributed by atoms with Crippen LogP contribution < -0.4 is 10.5 Å². The van der Waals surface area contributed by atoms with Crippen LogP contribution in [0.1, 0.15) is 5.56 Å². The predicted molar refractivity (Wildman–Crippen MR) is 67.7 cm³/mol. The Labute approximate surface area is 107 Å². The average molecular weight is 285 g/mol. The van der Waals surface area contributed by atoms with Crippen LogP contribution in [0.4, 0.5) is 0 Å². The second-order valence-electron chi connectivity index (χ2n) is 3.10. The van der Waals surface area contributed by atoms with Gasteiger partial charge in [0.2, 0.25) is 10.0 Å². The number of hydrogen-bond acceptors (Lipinski definition) is 3. The highest BCUT2D eigenvalue weighted by atomic mass is 35.5. The molecule has 1 aromatic carbocycles. The van der Waals surface area contributed by atoms with Crippen LogP contribution in [0.2, 0.25) is 5.02 Å². The third-order valence-electron chi connectivity index (χ3n) is 1.89. The predicted octanol–water partition coefficient (Wildman–Crippen LogP) is 1.31. The molecule has 0 bridgehead atoms. The first kappa shape index (κ1) is 15.7. The first-order valence-corrected chi connectivity index (χ1v) is 6.29. The van der Waals surface area contributed by atoms with Crippen molar-refractivity contribution in [2.24, 2.45) is 5.73 Å². The first-order valence-electron chi connectivity index (χ1n) is 4.43. The number of rotatable bonds is 4. The van der Waals surface area contributed by atoms with E-state index < -0.39 is 10.0 Å². The van der Waals surface area contributed by atoms with E-state index in [1.54, 1.807) is 6.07 Å². The summed E-state index contributed by atoms with van der Waals surface area (Å²) in [7, 11) is -3.48. The second-order valence-corrected chi connectivity index (χ2v) is 5.27. The zero-order valence-electron chi connectivity index (χ0n) is 8.73. The highest BCUT2D eigenvalue weighted by Gasteiger charge is 2.13. The molecular weight excluding hydrogens is 271 g/mol. The standard InChI is InChI=1S/C9H13ClN2O2S.ClH/c1-7-2-3-8(6-9(7)10)15(13,14)12-5-4-11;/h2-3,6,12H,4-5,11H2,1H3;1H. The van der Waals surface area contributed by atoms with Gasteiger partial charge in [-0.3, -0.25) is 0 Å². The Morgan fingerprint density at radius 3 is 2.56 bits per heavy atom. The first-order chi connectivity index (χ1) is 6.97. The molecular formula is C9H14Cl2N2O2S. The van der Waals surface area contributed by atoms with E-state index in [0.29, 0.717) is 5.02 Å². The van der Waals surface area contributed by atoms with Gasteiger partial charge in [-0.05, 0) is 24.6 Å². The number of sulfonamides is 1. The van der Waals surface area contributed by atoms with Crippen LogP contribution in [0.3, 0.4) is 0 Å². The van der Waals surface area contributed by atoms with Crippen molar-refractivity contribution >= 4 is 34.0 Å². The highest BCUT2D eigenvalue weighted by Crippen LogP contribution is 2.19. The summed E-state index contributed by atoms with van der Waals surface area (Å²) in [6.07, 6.45) is 0. The highest BCUT2D eigenvalue weighted by molar-refractivity contribution is 7.89. The number of aryl methyl sites for hydroxylation is 1. The van der Waals surface area contributed by atoms with Crippen molar-refractivity contribution in [3.05, 3.63) is 28.8 Å². The molecule has 0 amide bonds. The van der Waals surface area contributed by atoms with Crippen LogP contribution in [-0.2, 0) is 10.0 Å². The number of nitrogens with one attached hydrogen (secondary N) is 1. The van der Waals surface area contributed by atoms with Gasteiger partial charge in [-0.25, -0.2) is 13.1 Å². The van der Waals surface area contributed by atoms with Gasteiger partial charge in [0.05, 0.1) is 4.90 Å². The summed E-state index contributed by atoms with van der Waals surface area (Å²) in [4.78, 5) is 0.159. The summed E-state index contributed by atoms with van der Waals surface area (Å²) < 4.78 is 25.6. The number of halogens is 2. The lowest BCUT2D eigenvalue weighted by atomic mass is 10.2. The Morgan fingerprint density at radius 1 is 1.44 bits per heavy atom. The lowest BCUT2D eigenvalue weighted by Crippen LogP contribution is -2.29. The molecule has 0 heterocycles. The van der Waals surface area contributed by atoms with Crippen molar-refractivity contribution in [3.8, 4) is 0 Å². The molecule has 0 atom stereocenters. The maximum atomic E-state index is 11.6. The van der Waals surface area contributed by atoms with E-state index in [2.05, 4.69) is 4.72 Å². The molecule has 4 nitrogen and oxygen atoms in total. The zero-order chi connectivity index (χ0) is 11.5. The van der Waals surface area contributed by atoms with Crippen molar-refractivity contribution in [3.63, 3.8) is 0 Å². The summed E-state index contributed by atoms with van der Waals surface area (Å²) in [5.74, 6) is 0. The third-order valence-corrected chi connectivity index (χ3v) is 3.76. The molecule has 0 aliphatic carbocycles. The van der Waals surface area contributed by atoms with Gasteiger partial charge < -0.3 is 5.73 Å². The van der Waals surface area contributed by atoms with E-state index in [1.807, 2.05) is 6.92 Å². The number of nitrogens with two attached hydrogens (primary N) is 1. The van der Waals surface area contributed by atoms with Gasteiger partial charge in [0.15, 0.2) is 0 Å². The van der Waals surface area contributed by atoms with Crippen molar-refractivity contribution in [2.45, 2.75) is 11.8 Å². The molecule has 1 aromatic rings. The van der Waals surface area contributed by atoms with Gasteiger partial charge in [-0.2, -0.15) is 0 Å². The van der Waals surface area contributed by atoms with Gasteiger partial charge in [-0.15, -0.1) is 12.4 Å². The van der Waals surface area contributed by atoms with Gasteiger partial charge in [-0.1, -0.05) is 17.7 Å². The van der Waals surface area contributed by atoms with E-state index in [9.17, 15) is 8.42 Å². The van der Waals surface area contributed by atoms with Crippen LogP contribution in [0, 0.1) is 6.92 Å². The molecule has 16 heavy (non-hydrogen) atoms. The van der Waals surface area contributed by atoms with Crippen LogP contribution in [0.15, 0.2) is 23.1 Å². The molecule has 3 N–H and O–H groups in total. The molecule has 0 radical (unpaired) electrons. The van der Waals surface area contributed by atoms with Gasteiger partial charge in [0, 0.05) is 18.1 Å². The summed E-state index contributed by atoms with van der Waals surface area (Å²) in [6, 6.07) is 4.61. The Bertz CT molecular complexity index is 449. The Hall–Kier alpha value is -0.330. The molecule has 0 spiro atoms. The molecule has 0 fully saturated rings. The molecule has 0 unspecified atom stereocenters. The fourth-order valence-corrected chi connectivity index (χ4v) is 2.34. The van der Waals surface area contributed by atoms with Crippen molar-refractivity contribution in [2.75, 3.05) is 13.1 Å². The van der Waals surface area contributed by atoms with Gasteiger partial charge >= 0.3 is 0 Å². The minimum atomic E-state index is -3.48. The normalized spacial score (nSPS) is 10.9. The maximum Gasteiger partial charge on any atom is 0.240 e. The lowest BCUT2D eigenvalue weighted by Gasteiger charge is -2.06. The summed E-state index contributed by atoms with van der Waals surface area (Å²) in [5, 5.41) is 0.436. The smallest absolute Gasteiger partial charge is 0.240 e. The SMILES string of the molecule is Cc1ccc(S(=O)(=O)NCCN)cc1Cl.Cl. The van der Waals surface area contributed by atoms with Crippen LogP contribution in [-0.4, -0.2) is 21.5 Å². The Kier molecular flexibility index (Phi) is 6.28. The molecule has 7 heteroatoms. The second kappa shape index (κ2) is 6.42. The minimum Gasteiger partial charge on any atom is -0.329 e. The zero-order valence-corrected chi connectivity index (χ0v) is 11.1. The minimum absolute atomic E-state index is 0. The van der Waals surface area contributed by atoms with E-state index in [1.165, 1.54) is 12.1 Å². The molecule has 0 aliphatic rings. The summed E-state index contributed by atoms with van der Waals surface area (Å²) in [6.45, 7) is 2.29. The largest absolute Gasteiger partial charge is 0.329 e. The Balaban J connectivity index is 0.00000225. The van der Waals surface area contributed by atoms with Gasteiger partial charge in [0.25, 0.3) is 0 Å². The van der Waals surface area contributed by atoms with Crippen LogP contribution >= 0.6 is 24.0 Å². The van der Waals surface area contributed by atoms with E-state index >= 15 is 0 Å². The van der Waals surface area contributed by atoms with E-state index in [4.69, 9.17) is 17.3 Å². The lowest BCUT2D eigenvalue weighted by molar-refractivity contribution is 0.582. The molecule has 0 aliphatic heterocycles. The van der Waals surface area contributed by atoms with Gasteiger partial charge in [0.1, 0.15) is 0 Å². The van der Waals surface area contributed by atoms with Crippen molar-refractivity contribution < 1.29 is 8.42 Å². The van der Waals surface area contributed by atoms with Crippen molar-refractivity contribution in [1.82, 2.24) is 4.72 Å². The molecule has 0 aromatic heterocycles. The summed E-state index contributed by atoms with van der Waals surface area (Å²) >= 11 is 5.84. The third kappa shape index (κ3) is 3.92. The number of benzene rings is 1. The van der Waals surface area contributed by atoms with E-state index in [-0.39, 0.29) is 30.4 Å².